The van der Waals surface area contributed by atoms with Gasteiger partial charge in [-0.25, -0.2) is 8.57 Å². The predicted molar refractivity (Wildman–Crippen MR) is 143 cm³/mol. The van der Waals surface area contributed by atoms with E-state index in [1.54, 1.807) is 0 Å². The van der Waals surface area contributed by atoms with Gasteiger partial charge in [0.05, 0.1) is 45.9 Å². The van der Waals surface area contributed by atoms with E-state index in [1.165, 1.54) is 0 Å². The number of hydrogen-bond donors (Lipinski definition) is 1. The van der Waals surface area contributed by atoms with Gasteiger partial charge in [-0.2, -0.15) is 0 Å². The van der Waals surface area contributed by atoms with E-state index in [9.17, 15) is 9.32 Å². The summed E-state index contributed by atoms with van der Waals surface area (Å²) in [6.07, 6.45) is 1.98. The summed E-state index contributed by atoms with van der Waals surface area (Å²) in [5.74, 6) is 0.546. The van der Waals surface area contributed by atoms with Crippen LogP contribution in [0.1, 0.15) is 66.4 Å². The van der Waals surface area contributed by atoms with E-state index in [-0.39, 0.29) is 29.0 Å². The van der Waals surface area contributed by atoms with Crippen LogP contribution in [0.25, 0.3) is 0 Å². The number of ether oxygens (including phenoxy) is 1. The molecule has 5 nitrogen and oxygen atoms in total. The molecule has 1 unspecified atom stereocenters. The first kappa shape index (κ1) is 27.8. The van der Waals surface area contributed by atoms with Gasteiger partial charge in [-0.15, -0.1) is 0 Å². The molecule has 1 aliphatic heterocycles. The smallest absolute Gasteiger partial charge is 0.192 e. The Morgan fingerprint density at radius 1 is 1.26 bits per heavy atom. The number of fused-ring (bicyclic) bond motifs is 1. The minimum atomic E-state index is -2.80. The zero-order chi connectivity index (χ0) is 25.5. The Labute approximate surface area is 209 Å². The molecule has 2 fully saturated rings. The molecule has 1 aromatic rings. The average Bonchev–Trinajstić information content (AvgIpc) is 3.21. The zero-order valence-electron chi connectivity index (χ0n) is 22.8. The number of rotatable bonds is 8. The molecule has 194 valence electrons. The lowest BCUT2D eigenvalue weighted by molar-refractivity contribution is -0.0335. The molecule has 0 amide bonds. The Hall–Kier alpha value is -0.733. The van der Waals surface area contributed by atoms with Gasteiger partial charge in [0.1, 0.15) is 0 Å². The second-order valence-electron chi connectivity index (χ2n) is 12.5. The minimum absolute atomic E-state index is 0.0185. The summed E-state index contributed by atoms with van der Waals surface area (Å²) < 4.78 is 33.0. The van der Waals surface area contributed by atoms with Crippen LogP contribution < -0.4 is 0 Å². The van der Waals surface area contributed by atoms with Gasteiger partial charge in [-0.3, -0.25) is 0 Å². The molecule has 34 heavy (non-hydrogen) atoms. The molecule has 3 rings (SSSR count). The Morgan fingerprint density at radius 2 is 1.88 bits per heavy atom. The Morgan fingerprint density at radius 3 is 2.44 bits per heavy atom. The maximum absolute atomic E-state index is 14.9. The van der Waals surface area contributed by atoms with Crippen LogP contribution in [0, 0.1) is 18.8 Å². The first-order valence-electron chi connectivity index (χ1n) is 12.9. The molecule has 1 aliphatic carbocycles. The van der Waals surface area contributed by atoms with E-state index in [0.29, 0.717) is 12.4 Å². The van der Waals surface area contributed by atoms with E-state index < -0.39 is 29.8 Å². The van der Waals surface area contributed by atoms with Gasteiger partial charge >= 0.3 is 0 Å². The van der Waals surface area contributed by atoms with Crippen LogP contribution in [0.5, 0.6) is 0 Å². The first-order valence-corrected chi connectivity index (χ1v) is 17.5. The van der Waals surface area contributed by atoms with Crippen molar-refractivity contribution in [1.29, 1.82) is 0 Å². The fourth-order valence-corrected chi connectivity index (χ4v) is 8.79. The fraction of sp³-hybridized carbons (Fsp3) is 0.778. The molecule has 1 aromatic carbocycles. The standard InChI is InChI=1S/C27H47NO4SSi/c1-19(2)24(17-31-34(8,9)26(5,6)7)28-33(30,22-14-12-20(3)13-15-22)18-27-16-10-11-23(27)25(29)21(4)32-27/h12-15,19,21,23-25,29H,10-11,16-18H2,1-9H3/t21-,23-,24+,25-,27+,33?/m1/s1. The minimum Gasteiger partial charge on any atom is -0.415 e. The summed E-state index contributed by atoms with van der Waals surface area (Å²) >= 11 is 0. The number of hydrogen-bond acceptors (Lipinski definition) is 5. The summed E-state index contributed by atoms with van der Waals surface area (Å²) in [4.78, 5) is 0.758. The van der Waals surface area contributed by atoms with Gasteiger partial charge in [0.25, 0.3) is 0 Å². The van der Waals surface area contributed by atoms with Crippen molar-refractivity contribution < 1.29 is 18.5 Å². The van der Waals surface area contributed by atoms with E-state index in [4.69, 9.17) is 13.5 Å². The van der Waals surface area contributed by atoms with Gasteiger partial charge in [0.2, 0.25) is 0 Å². The van der Waals surface area contributed by atoms with Crippen molar-refractivity contribution in [1.82, 2.24) is 0 Å². The highest BCUT2D eigenvalue weighted by atomic mass is 32.2. The lowest BCUT2D eigenvalue weighted by Crippen LogP contribution is -2.44. The summed E-state index contributed by atoms with van der Waals surface area (Å²) in [6, 6.07) is 7.77. The molecular formula is C27H47NO4SSi. The fourth-order valence-electron chi connectivity index (χ4n) is 5.02. The number of nitrogens with zero attached hydrogens (tertiary/aromatic N) is 1. The van der Waals surface area contributed by atoms with Crippen molar-refractivity contribution in [2.45, 2.75) is 115 Å². The maximum Gasteiger partial charge on any atom is 0.192 e. The normalized spacial score (nSPS) is 30.3. The largest absolute Gasteiger partial charge is 0.415 e. The van der Waals surface area contributed by atoms with Crippen LogP contribution in [0.15, 0.2) is 33.5 Å². The van der Waals surface area contributed by atoms with Crippen molar-refractivity contribution in [3.05, 3.63) is 29.8 Å². The molecule has 1 saturated heterocycles. The molecule has 0 bridgehead atoms. The molecule has 0 aromatic heterocycles. The summed E-state index contributed by atoms with van der Waals surface area (Å²) in [7, 11) is -4.76. The van der Waals surface area contributed by atoms with Gasteiger partial charge in [0.15, 0.2) is 8.32 Å². The molecule has 0 spiro atoms. The first-order chi connectivity index (χ1) is 15.6. The highest BCUT2D eigenvalue weighted by Crippen LogP contribution is 2.49. The lowest BCUT2D eigenvalue weighted by Gasteiger charge is -2.37. The molecule has 2 aliphatic rings. The number of aryl methyl sites for hydroxylation is 1. The second-order valence-corrected chi connectivity index (χ2v) is 19.5. The van der Waals surface area contributed by atoms with E-state index >= 15 is 0 Å². The van der Waals surface area contributed by atoms with E-state index in [1.807, 2.05) is 38.1 Å². The van der Waals surface area contributed by atoms with Crippen LogP contribution in [0.3, 0.4) is 0 Å². The van der Waals surface area contributed by atoms with Crippen LogP contribution in [-0.4, -0.2) is 53.8 Å². The van der Waals surface area contributed by atoms with Gasteiger partial charge in [0, 0.05) is 10.8 Å². The Bertz CT molecular complexity index is 962. The van der Waals surface area contributed by atoms with Crippen molar-refractivity contribution in [3.63, 3.8) is 0 Å². The van der Waals surface area contributed by atoms with Crippen molar-refractivity contribution >= 4 is 18.0 Å². The molecule has 6 atom stereocenters. The SMILES string of the molecule is Cc1ccc(S(=O)(C[C@@]23CCC[C@@H]2[C@H](O)[C@@H](C)O3)=N[C@@H](CO[Si](C)(C)C(C)(C)C)C(C)C)cc1. The third kappa shape index (κ3) is 5.64. The highest BCUT2D eigenvalue weighted by molar-refractivity contribution is 7.93. The molecule has 0 radical (unpaired) electrons. The summed E-state index contributed by atoms with van der Waals surface area (Å²) in [5.41, 5.74) is 0.553. The van der Waals surface area contributed by atoms with Crippen molar-refractivity contribution in [2.75, 3.05) is 12.4 Å². The number of benzene rings is 1. The van der Waals surface area contributed by atoms with Crippen LogP contribution in [-0.2, 0) is 18.9 Å². The quantitative estimate of drug-likeness (QED) is 0.425. The number of aliphatic hydroxyl groups is 1. The summed E-state index contributed by atoms with van der Waals surface area (Å²) in [5, 5.41) is 10.9. The molecular weight excluding hydrogens is 462 g/mol. The van der Waals surface area contributed by atoms with Gasteiger partial charge in [-0.05, 0) is 62.9 Å². The Kier molecular flexibility index (Phi) is 8.16. The Balaban J connectivity index is 2.02. The molecule has 1 N–H and O–H groups in total. The van der Waals surface area contributed by atoms with E-state index in [0.717, 1.165) is 29.7 Å². The third-order valence-corrected chi connectivity index (χ3v) is 15.4. The monoisotopic (exact) mass is 509 g/mol. The second kappa shape index (κ2) is 9.96. The van der Waals surface area contributed by atoms with Crippen LogP contribution >= 0.6 is 0 Å². The predicted octanol–water partition coefficient (Wildman–Crippen LogP) is 6.19. The van der Waals surface area contributed by atoms with Crippen LogP contribution in [0.2, 0.25) is 18.1 Å². The van der Waals surface area contributed by atoms with Gasteiger partial charge < -0.3 is 14.3 Å². The lowest BCUT2D eigenvalue weighted by atomic mass is 9.90. The number of aliphatic hydroxyl groups excluding tert-OH is 1. The van der Waals surface area contributed by atoms with Gasteiger partial charge in [-0.1, -0.05) is 58.7 Å². The molecule has 1 saturated carbocycles. The van der Waals surface area contributed by atoms with E-state index in [2.05, 4.69) is 47.7 Å². The van der Waals surface area contributed by atoms with Crippen molar-refractivity contribution in [2.24, 2.45) is 16.2 Å². The zero-order valence-corrected chi connectivity index (χ0v) is 24.6. The molecule has 1 heterocycles. The summed E-state index contributed by atoms with van der Waals surface area (Å²) in [6.45, 7) is 19.9. The topological polar surface area (TPSA) is 68.1 Å². The molecule has 7 heteroatoms. The third-order valence-electron chi connectivity index (χ3n) is 8.43. The average molecular weight is 510 g/mol. The highest BCUT2D eigenvalue weighted by Gasteiger charge is 2.57. The maximum atomic E-state index is 14.9. The van der Waals surface area contributed by atoms with Crippen molar-refractivity contribution in [3.8, 4) is 0 Å². The van der Waals surface area contributed by atoms with Crippen LogP contribution in [0.4, 0.5) is 0 Å².